The first-order valence-corrected chi connectivity index (χ1v) is 12.0. The van der Waals surface area contributed by atoms with Gasteiger partial charge in [0, 0.05) is 47.5 Å². The number of benzene rings is 2. The number of aryl methyl sites for hydroxylation is 1. The lowest BCUT2D eigenvalue weighted by molar-refractivity contribution is 0.102. The maximum Gasteiger partial charge on any atom is 0.268 e. The van der Waals surface area contributed by atoms with Crippen LogP contribution in [0.3, 0.4) is 0 Å². The molecule has 1 amide bonds. The van der Waals surface area contributed by atoms with Gasteiger partial charge in [-0.25, -0.2) is 13.8 Å². The Bertz CT molecular complexity index is 1770. The number of hydrogen-bond donors (Lipinski definition) is 2. The Balaban J connectivity index is 1.38. The molecule has 0 unspecified atom stereocenters. The molecule has 11 heteroatoms. The van der Waals surface area contributed by atoms with E-state index in [4.69, 9.17) is 14.6 Å². The summed E-state index contributed by atoms with van der Waals surface area (Å²) in [5, 5.41) is 9.94. The number of halogens is 2. The maximum absolute atomic E-state index is 15.1. The Morgan fingerprint density at radius 1 is 1.07 bits per heavy atom. The summed E-state index contributed by atoms with van der Waals surface area (Å²) in [6.45, 7) is 1.69. The Labute approximate surface area is 226 Å². The number of carbonyl (C=O) groups is 1. The van der Waals surface area contributed by atoms with Gasteiger partial charge < -0.3 is 19.9 Å². The molecule has 0 aliphatic carbocycles. The summed E-state index contributed by atoms with van der Waals surface area (Å²) in [7, 11) is 0. The van der Waals surface area contributed by atoms with Gasteiger partial charge in [-0.15, -0.1) is 0 Å². The normalized spacial score (nSPS) is 10.8. The lowest BCUT2D eigenvalue weighted by Gasteiger charge is -2.13. The summed E-state index contributed by atoms with van der Waals surface area (Å²) in [5.74, 6) is -1.47. The molecule has 2 aromatic carbocycles. The molecule has 0 fully saturated rings. The van der Waals surface area contributed by atoms with Crippen molar-refractivity contribution in [1.82, 2.24) is 14.5 Å². The molecule has 0 radical (unpaired) electrons. The highest BCUT2D eigenvalue weighted by Gasteiger charge is 2.17. The van der Waals surface area contributed by atoms with E-state index in [1.807, 2.05) is 0 Å². The summed E-state index contributed by atoms with van der Waals surface area (Å²) in [5.41, 5.74) is 1.21. The monoisotopic (exact) mass is 541 g/mol. The molecular formula is C29H21F2N5O4. The van der Waals surface area contributed by atoms with E-state index in [1.54, 1.807) is 19.1 Å². The van der Waals surface area contributed by atoms with Crippen LogP contribution in [-0.2, 0) is 6.42 Å². The Morgan fingerprint density at radius 2 is 1.88 bits per heavy atom. The van der Waals surface area contributed by atoms with E-state index in [1.165, 1.54) is 65.8 Å². The molecule has 5 rings (SSSR count). The molecule has 3 aromatic heterocycles. The van der Waals surface area contributed by atoms with Crippen LogP contribution in [0.1, 0.15) is 21.7 Å². The first kappa shape index (κ1) is 26.2. The van der Waals surface area contributed by atoms with Crippen LogP contribution in [0.25, 0.3) is 17.0 Å². The van der Waals surface area contributed by atoms with Crippen molar-refractivity contribution in [3.05, 3.63) is 118 Å². The van der Waals surface area contributed by atoms with Crippen molar-refractivity contribution in [1.29, 1.82) is 5.41 Å². The third-order valence-electron chi connectivity index (χ3n) is 5.96. The number of ether oxygens (including phenoxy) is 1. The molecule has 40 heavy (non-hydrogen) atoms. The van der Waals surface area contributed by atoms with Crippen LogP contribution in [0.2, 0.25) is 0 Å². The number of nitrogens with zero attached hydrogens (tertiary/aromatic N) is 3. The topological polar surface area (TPSA) is 123 Å². The standard InChI is InChI=1S/C29H21F2N5O4/c1-17-2-8-22(29(38)36(17)21-6-3-19(30)4-7-21)28(37)35-20-5-9-25(23(31)13-20)40-26-12-18(27-15-33-16-39-27)14-34-24(26)10-11-32/h2-9,11-16,32H,10H2,1H3,(H,35,37). The second-order valence-corrected chi connectivity index (χ2v) is 8.65. The molecule has 9 nitrogen and oxygen atoms in total. The Hall–Kier alpha value is -5.45. The van der Waals surface area contributed by atoms with Gasteiger partial charge in [-0.2, -0.15) is 0 Å². The van der Waals surface area contributed by atoms with Crippen LogP contribution in [0.5, 0.6) is 11.5 Å². The van der Waals surface area contributed by atoms with E-state index in [-0.39, 0.29) is 29.2 Å². The van der Waals surface area contributed by atoms with Gasteiger partial charge in [-0.1, -0.05) is 0 Å². The quantitative estimate of drug-likeness (QED) is 0.243. The molecule has 0 saturated heterocycles. The molecule has 3 heterocycles. The van der Waals surface area contributed by atoms with Gasteiger partial charge in [0.15, 0.2) is 23.7 Å². The lowest BCUT2D eigenvalue weighted by Crippen LogP contribution is -2.29. The minimum atomic E-state index is -0.781. The van der Waals surface area contributed by atoms with Crippen molar-refractivity contribution >= 4 is 17.8 Å². The fourth-order valence-corrected chi connectivity index (χ4v) is 4.00. The summed E-state index contributed by atoms with van der Waals surface area (Å²) in [4.78, 5) is 34.2. The predicted octanol–water partition coefficient (Wildman–Crippen LogP) is 5.71. The van der Waals surface area contributed by atoms with Crippen molar-refractivity contribution in [2.75, 3.05) is 5.32 Å². The summed E-state index contributed by atoms with van der Waals surface area (Å²) < 4.78 is 40.8. The number of nitrogens with one attached hydrogen (secondary N) is 2. The highest BCUT2D eigenvalue weighted by molar-refractivity contribution is 6.04. The molecule has 2 N–H and O–H groups in total. The van der Waals surface area contributed by atoms with Gasteiger partial charge in [0.05, 0.1) is 11.9 Å². The van der Waals surface area contributed by atoms with E-state index in [0.29, 0.717) is 28.4 Å². The average molecular weight is 542 g/mol. The van der Waals surface area contributed by atoms with Crippen LogP contribution in [-0.4, -0.2) is 26.7 Å². The number of rotatable bonds is 8. The third-order valence-corrected chi connectivity index (χ3v) is 5.96. The number of pyridine rings is 2. The molecule has 200 valence electrons. The van der Waals surface area contributed by atoms with Crippen molar-refractivity contribution in [2.24, 2.45) is 0 Å². The zero-order valence-corrected chi connectivity index (χ0v) is 21.0. The Kier molecular flexibility index (Phi) is 7.27. The van der Waals surface area contributed by atoms with Gasteiger partial charge in [0.1, 0.15) is 17.1 Å². The summed E-state index contributed by atoms with van der Waals surface area (Å²) in [6, 6.07) is 13.7. The van der Waals surface area contributed by atoms with Gasteiger partial charge in [0.2, 0.25) is 0 Å². The average Bonchev–Trinajstić information content (AvgIpc) is 3.47. The number of carbonyl (C=O) groups excluding carboxylic acids is 1. The van der Waals surface area contributed by atoms with Gasteiger partial charge >= 0.3 is 0 Å². The van der Waals surface area contributed by atoms with Crippen molar-refractivity contribution in [2.45, 2.75) is 13.3 Å². The number of hydrogen-bond acceptors (Lipinski definition) is 7. The van der Waals surface area contributed by atoms with E-state index in [2.05, 4.69) is 15.3 Å². The van der Waals surface area contributed by atoms with E-state index < -0.39 is 23.1 Å². The second kappa shape index (κ2) is 11.1. The number of aromatic nitrogens is 3. The smallest absolute Gasteiger partial charge is 0.268 e. The lowest BCUT2D eigenvalue weighted by atomic mass is 10.1. The molecule has 0 spiro atoms. The number of amides is 1. The second-order valence-electron chi connectivity index (χ2n) is 8.65. The van der Waals surface area contributed by atoms with Gasteiger partial charge in [0.25, 0.3) is 11.5 Å². The molecular weight excluding hydrogens is 520 g/mol. The zero-order chi connectivity index (χ0) is 28.2. The van der Waals surface area contributed by atoms with Crippen molar-refractivity contribution in [3.8, 4) is 28.5 Å². The fourth-order valence-electron chi connectivity index (χ4n) is 4.00. The van der Waals surface area contributed by atoms with Crippen LogP contribution >= 0.6 is 0 Å². The number of oxazole rings is 1. The summed E-state index contributed by atoms with van der Waals surface area (Å²) >= 11 is 0. The molecule has 0 bridgehead atoms. The zero-order valence-electron chi connectivity index (χ0n) is 21.0. The molecule has 0 atom stereocenters. The first-order chi connectivity index (χ1) is 19.3. The minimum Gasteiger partial charge on any atom is -0.452 e. The Morgan fingerprint density at radius 3 is 2.58 bits per heavy atom. The van der Waals surface area contributed by atoms with Crippen LogP contribution < -0.4 is 15.6 Å². The third kappa shape index (κ3) is 5.39. The highest BCUT2D eigenvalue weighted by Crippen LogP contribution is 2.32. The van der Waals surface area contributed by atoms with Crippen LogP contribution in [0.4, 0.5) is 14.5 Å². The molecule has 0 saturated carbocycles. The van der Waals surface area contributed by atoms with Crippen molar-refractivity contribution < 1.29 is 22.7 Å². The maximum atomic E-state index is 15.1. The predicted molar refractivity (Wildman–Crippen MR) is 143 cm³/mol. The van der Waals surface area contributed by atoms with Gasteiger partial charge in [-0.05, 0) is 61.5 Å². The highest BCUT2D eigenvalue weighted by atomic mass is 19.1. The number of anilines is 1. The molecule has 0 aliphatic rings. The fraction of sp³-hybridized carbons (Fsp3) is 0.0690. The van der Waals surface area contributed by atoms with E-state index >= 15 is 4.39 Å². The molecule has 0 aliphatic heterocycles. The SMILES string of the molecule is Cc1ccc(C(=O)Nc2ccc(Oc3cc(-c4cnco4)cnc3CC=N)c(F)c2)c(=O)n1-c1ccc(F)cc1. The van der Waals surface area contributed by atoms with Gasteiger partial charge in [-0.3, -0.25) is 19.1 Å². The summed E-state index contributed by atoms with van der Waals surface area (Å²) in [6.07, 6.45) is 5.61. The van der Waals surface area contributed by atoms with Crippen molar-refractivity contribution in [3.63, 3.8) is 0 Å². The van der Waals surface area contributed by atoms with Crippen LogP contribution in [0.15, 0.2) is 88.7 Å². The first-order valence-electron chi connectivity index (χ1n) is 12.0. The largest absolute Gasteiger partial charge is 0.452 e. The molecule has 5 aromatic rings. The van der Waals surface area contributed by atoms with E-state index in [0.717, 1.165) is 12.3 Å². The van der Waals surface area contributed by atoms with Crippen LogP contribution in [0, 0.1) is 24.0 Å². The van der Waals surface area contributed by atoms with E-state index in [9.17, 15) is 14.0 Å². The minimum absolute atomic E-state index is 0.0939.